The summed E-state index contributed by atoms with van der Waals surface area (Å²) in [5.74, 6) is 0. The molecule has 0 radical (unpaired) electrons. The standard InChI is InChI=1S/C17H22N/c1-14-8-7-11-17(12-14)18(3,4)13-16-10-6-5-9-15(16)2/h5-12H,13H2,1-4H3/q+1. The van der Waals surface area contributed by atoms with Gasteiger partial charge in [0.2, 0.25) is 0 Å². The lowest BCUT2D eigenvalue weighted by Crippen LogP contribution is -2.39. The van der Waals surface area contributed by atoms with Gasteiger partial charge in [0, 0.05) is 11.6 Å². The second kappa shape index (κ2) is 4.95. The largest absolute Gasteiger partial charge is 0.292 e. The molecule has 0 saturated carbocycles. The third kappa shape index (κ3) is 2.80. The van der Waals surface area contributed by atoms with Crippen molar-refractivity contribution in [1.82, 2.24) is 4.48 Å². The lowest BCUT2D eigenvalue weighted by atomic mass is 10.1. The van der Waals surface area contributed by atoms with Crippen LogP contribution in [0.3, 0.4) is 0 Å². The van der Waals surface area contributed by atoms with Gasteiger partial charge in [-0.2, -0.15) is 0 Å². The van der Waals surface area contributed by atoms with Crippen molar-refractivity contribution < 1.29 is 0 Å². The fourth-order valence-corrected chi connectivity index (χ4v) is 2.31. The van der Waals surface area contributed by atoms with Crippen molar-refractivity contribution in [2.75, 3.05) is 14.1 Å². The maximum Gasteiger partial charge on any atom is 0.132 e. The summed E-state index contributed by atoms with van der Waals surface area (Å²) in [5, 5.41) is 0. The van der Waals surface area contributed by atoms with Gasteiger partial charge in [-0.25, -0.2) is 0 Å². The number of quaternary nitrogens is 1. The van der Waals surface area contributed by atoms with E-state index in [1.54, 1.807) is 0 Å². The molecule has 0 unspecified atom stereocenters. The second-order valence-electron chi connectivity index (χ2n) is 5.61. The summed E-state index contributed by atoms with van der Waals surface area (Å²) < 4.78 is 0.881. The van der Waals surface area contributed by atoms with Crippen molar-refractivity contribution in [2.45, 2.75) is 20.4 Å². The molecule has 94 valence electrons. The van der Waals surface area contributed by atoms with Crippen LogP contribution in [0.25, 0.3) is 0 Å². The quantitative estimate of drug-likeness (QED) is 0.709. The van der Waals surface area contributed by atoms with E-state index in [0.717, 1.165) is 11.0 Å². The highest BCUT2D eigenvalue weighted by atomic mass is 15.3. The Kier molecular flexibility index (Phi) is 3.53. The Bertz CT molecular complexity index is 541. The smallest absolute Gasteiger partial charge is 0.132 e. The van der Waals surface area contributed by atoms with E-state index in [-0.39, 0.29) is 0 Å². The molecule has 0 fully saturated rings. The molecule has 1 heteroatoms. The lowest BCUT2D eigenvalue weighted by molar-refractivity contribution is 0.391. The zero-order valence-corrected chi connectivity index (χ0v) is 11.8. The molecule has 0 aliphatic carbocycles. The van der Waals surface area contributed by atoms with Gasteiger partial charge in [-0.15, -0.1) is 0 Å². The van der Waals surface area contributed by atoms with Crippen LogP contribution in [-0.2, 0) is 6.54 Å². The zero-order chi connectivity index (χ0) is 13.2. The molecule has 0 bridgehead atoms. The third-order valence-electron chi connectivity index (χ3n) is 3.53. The Morgan fingerprint density at radius 1 is 0.889 bits per heavy atom. The predicted octanol–water partition coefficient (Wildman–Crippen LogP) is 4.07. The number of benzene rings is 2. The van der Waals surface area contributed by atoms with Gasteiger partial charge in [0.05, 0.1) is 14.1 Å². The van der Waals surface area contributed by atoms with Gasteiger partial charge in [-0.3, -0.25) is 4.48 Å². The molecule has 1 nitrogen and oxygen atoms in total. The summed E-state index contributed by atoms with van der Waals surface area (Å²) >= 11 is 0. The summed E-state index contributed by atoms with van der Waals surface area (Å²) in [4.78, 5) is 0. The highest BCUT2D eigenvalue weighted by molar-refractivity contribution is 5.45. The lowest BCUT2D eigenvalue weighted by Gasteiger charge is -2.30. The van der Waals surface area contributed by atoms with Crippen LogP contribution in [0.15, 0.2) is 48.5 Å². The Labute approximate surface area is 110 Å². The maximum atomic E-state index is 2.28. The van der Waals surface area contributed by atoms with Gasteiger partial charge in [-0.05, 0) is 31.0 Å². The van der Waals surface area contributed by atoms with Crippen molar-refractivity contribution in [3.63, 3.8) is 0 Å². The molecule has 0 aromatic heterocycles. The maximum absolute atomic E-state index is 2.28. The monoisotopic (exact) mass is 240 g/mol. The van der Waals surface area contributed by atoms with Crippen LogP contribution in [0.4, 0.5) is 5.69 Å². The molecular formula is C17H22N+. The average Bonchev–Trinajstić information content (AvgIpc) is 2.32. The van der Waals surface area contributed by atoms with Crippen LogP contribution < -0.4 is 4.48 Å². The van der Waals surface area contributed by atoms with Crippen LogP contribution in [-0.4, -0.2) is 14.1 Å². The summed E-state index contributed by atoms with van der Waals surface area (Å²) in [6.45, 7) is 5.36. The molecule has 2 aromatic carbocycles. The van der Waals surface area contributed by atoms with Crippen molar-refractivity contribution in [3.8, 4) is 0 Å². The fraction of sp³-hybridized carbons (Fsp3) is 0.294. The van der Waals surface area contributed by atoms with E-state index in [1.165, 1.54) is 22.4 Å². The van der Waals surface area contributed by atoms with Crippen LogP contribution in [0.5, 0.6) is 0 Å². The number of nitrogens with zero attached hydrogens (tertiary/aromatic N) is 1. The number of aryl methyl sites for hydroxylation is 2. The van der Waals surface area contributed by atoms with E-state index in [2.05, 4.69) is 76.5 Å². The molecule has 0 N–H and O–H groups in total. The van der Waals surface area contributed by atoms with Gasteiger partial charge < -0.3 is 0 Å². The first-order chi connectivity index (χ1) is 8.49. The number of rotatable bonds is 3. The molecule has 18 heavy (non-hydrogen) atoms. The first kappa shape index (κ1) is 12.8. The molecular weight excluding hydrogens is 218 g/mol. The van der Waals surface area contributed by atoms with Gasteiger partial charge >= 0.3 is 0 Å². The zero-order valence-electron chi connectivity index (χ0n) is 11.8. The molecule has 0 amide bonds. The van der Waals surface area contributed by atoms with Crippen LogP contribution >= 0.6 is 0 Å². The minimum Gasteiger partial charge on any atom is -0.292 e. The Hall–Kier alpha value is -1.60. The second-order valence-corrected chi connectivity index (χ2v) is 5.61. The van der Waals surface area contributed by atoms with Crippen molar-refractivity contribution >= 4 is 5.69 Å². The molecule has 0 spiro atoms. The van der Waals surface area contributed by atoms with Crippen molar-refractivity contribution in [3.05, 3.63) is 65.2 Å². The van der Waals surface area contributed by atoms with Gasteiger partial charge in [0.15, 0.2) is 0 Å². The molecule has 0 aliphatic heterocycles. The molecule has 0 saturated heterocycles. The van der Waals surface area contributed by atoms with Crippen LogP contribution in [0.1, 0.15) is 16.7 Å². The normalized spacial score (nSPS) is 11.6. The van der Waals surface area contributed by atoms with E-state index >= 15 is 0 Å². The van der Waals surface area contributed by atoms with Gasteiger partial charge in [-0.1, -0.05) is 36.4 Å². The Morgan fingerprint density at radius 2 is 1.61 bits per heavy atom. The molecule has 0 atom stereocenters. The van der Waals surface area contributed by atoms with E-state index in [9.17, 15) is 0 Å². The van der Waals surface area contributed by atoms with E-state index < -0.39 is 0 Å². The van der Waals surface area contributed by atoms with E-state index in [0.29, 0.717) is 0 Å². The first-order valence-corrected chi connectivity index (χ1v) is 6.44. The highest BCUT2D eigenvalue weighted by Crippen LogP contribution is 2.24. The third-order valence-corrected chi connectivity index (χ3v) is 3.53. The summed E-state index contributed by atoms with van der Waals surface area (Å²) in [7, 11) is 4.53. The molecule has 2 rings (SSSR count). The predicted molar refractivity (Wildman–Crippen MR) is 79.7 cm³/mol. The van der Waals surface area contributed by atoms with Gasteiger partial charge in [0.1, 0.15) is 12.2 Å². The summed E-state index contributed by atoms with van der Waals surface area (Å²) in [6.07, 6.45) is 0. The van der Waals surface area contributed by atoms with Gasteiger partial charge in [0.25, 0.3) is 0 Å². The van der Waals surface area contributed by atoms with Crippen LogP contribution in [0.2, 0.25) is 0 Å². The fourth-order valence-electron chi connectivity index (χ4n) is 2.31. The topological polar surface area (TPSA) is 0 Å². The van der Waals surface area contributed by atoms with E-state index in [4.69, 9.17) is 0 Å². The summed E-state index contributed by atoms with van der Waals surface area (Å²) in [5.41, 5.74) is 5.47. The SMILES string of the molecule is Cc1cccc([N+](C)(C)Cc2ccccc2C)c1. The number of hydrogen-bond donors (Lipinski definition) is 0. The molecule has 2 aromatic rings. The minimum atomic E-state index is 0.881. The molecule has 0 aliphatic rings. The summed E-state index contributed by atoms with van der Waals surface area (Å²) in [6, 6.07) is 17.4. The highest BCUT2D eigenvalue weighted by Gasteiger charge is 2.20. The average molecular weight is 240 g/mol. The van der Waals surface area contributed by atoms with E-state index in [1.807, 2.05) is 0 Å². The number of hydrogen-bond acceptors (Lipinski definition) is 0. The minimum absolute atomic E-state index is 0.881. The van der Waals surface area contributed by atoms with Crippen molar-refractivity contribution in [1.29, 1.82) is 0 Å². The Morgan fingerprint density at radius 3 is 2.28 bits per heavy atom. The Balaban J connectivity index is 2.30. The van der Waals surface area contributed by atoms with Crippen molar-refractivity contribution in [2.24, 2.45) is 0 Å². The first-order valence-electron chi connectivity index (χ1n) is 6.44. The molecule has 0 heterocycles. The van der Waals surface area contributed by atoms with Crippen LogP contribution in [0, 0.1) is 13.8 Å².